The summed E-state index contributed by atoms with van der Waals surface area (Å²) < 4.78 is 8.17. The summed E-state index contributed by atoms with van der Waals surface area (Å²) in [6.07, 6.45) is 0.316. The van der Waals surface area contributed by atoms with Crippen LogP contribution >= 0.6 is 0 Å². The predicted octanol–water partition coefficient (Wildman–Crippen LogP) is 2.11. The fourth-order valence-corrected chi connectivity index (χ4v) is 3.40. The molecule has 0 radical (unpaired) electrons. The number of nitrogens with one attached hydrogen (secondary N) is 1. The number of aromatic nitrogens is 2. The van der Waals surface area contributed by atoms with Crippen molar-refractivity contribution in [2.24, 2.45) is 0 Å². The number of fused-ring (bicyclic) bond motifs is 1. The van der Waals surface area contributed by atoms with Crippen LogP contribution in [0, 0.1) is 0 Å². The first kappa shape index (κ1) is 20.4. The standard InChI is InChI=1S/C22H25N3O4/c1-3-24-18-12-8-9-13-19(18)25(22(24)28)15-20(26)23-17(21(27)29-4-2)14-16-10-6-5-7-11-16/h5-13,17H,3-4,14-15H2,1-2H3,(H,23,26)/t17-/m1/s1. The van der Waals surface area contributed by atoms with Gasteiger partial charge in [-0.3, -0.25) is 13.9 Å². The molecule has 0 bridgehead atoms. The Morgan fingerprint density at radius 1 is 0.966 bits per heavy atom. The van der Waals surface area contributed by atoms with E-state index in [1.54, 1.807) is 11.5 Å². The summed E-state index contributed by atoms with van der Waals surface area (Å²) in [7, 11) is 0. The van der Waals surface area contributed by atoms with E-state index in [9.17, 15) is 14.4 Å². The average Bonchev–Trinajstić information content (AvgIpc) is 2.99. The largest absolute Gasteiger partial charge is 0.464 e. The van der Waals surface area contributed by atoms with Gasteiger partial charge in [-0.25, -0.2) is 9.59 Å². The highest BCUT2D eigenvalue weighted by molar-refractivity contribution is 5.86. The topological polar surface area (TPSA) is 82.3 Å². The van der Waals surface area contributed by atoms with Gasteiger partial charge in [0.05, 0.1) is 17.6 Å². The highest BCUT2D eigenvalue weighted by Crippen LogP contribution is 2.12. The maximum atomic E-state index is 12.7. The smallest absolute Gasteiger partial charge is 0.329 e. The molecule has 1 amide bonds. The molecule has 0 unspecified atom stereocenters. The van der Waals surface area contributed by atoms with E-state index in [1.807, 2.05) is 61.5 Å². The maximum absolute atomic E-state index is 12.7. The minimum Gasteiger partial charge on any atom is -0.464 e. The Kier molecular flexibility index (Phi) is 6.49. The highest BCUT2D eigenvalue weighted by Gasteiger charge is 2.23. The number of amides is 1. The highest BCUT2D eigenvalue weighted by atomic mass is 16.5. The van der Waals surface area contributed by atoms with Crippen LogP contribution < -0.4 is 11.0 Å². The Bertz CT molecular complexity index is 1050. The van der Waals surface area contributed by atoms with Gasteiger partial charge in [0.25, 0.3) is 0 Å². The molecule has 1 atom stereocenters. The normalized spacial score (nSPS) is 11.9. The van der Waals surface area contributed by atoms with Crippen LogP contribution in [0.5, 0.6) is 0 Å². The van der Waals surface area contributed by atoms with Crippen LogP contribution in [0.3, 0.4) is 0 Å². The monoisotopic (exact) mass is 395 g/mol. The van der Waals surface area contributed by atoms with Gasteiger partial charge in [-0.1, -0.05) is 42.5 Å². The van der Waals surface area contributed by atoms with E-state index in [2.05, 4.69) is 5.32 Å². The van der Waals surface area contributed by atoms with Crippen LogP contribution in [0.1, 0.15) is 19.4 Å². The molecule has 1 N–H and O–H groups in total. The molecule has 0 aliphatic carbocycles. The van der Waals surface area contributed by atoms with Crippen LogP contribution in [0.15, 0.2) is 59.4 Å². The van der Waals surface area contributed by atoms with Crippen LogP contribution in [0.4, 0.5) is 0 Å². The molecule has 152 valence electrons. The first-order valence-corrected chi connectivity index (χ1v) is 9.73. The maximum Gasteiger partial charge on any atom is 0.329 e. The molecule has 0 spiro atoms. The third-order valence-electron chi connectivity index (χ3n) is 4.73. The van der Waals surface area contributed by atoms with E-state index in [-0.39, 0.29) is 18.8 Å². The summed E-state index contributed by atoms with van der Waals surface area (Å²) in [5.41, 5.74) is 2.12. The van der Waals surface area contributed by atoms with Gasteiger partial charge < -0.3 is 10.1 Å². The van der Waals surface area contributed by atoms with Crippen molar-refractivity contribution in [3.05, 3.63) is 70.6 Å². The number of carbonyl (C=O) groups is 2. The Hall–Kier alpha value is -3.35. The number of hydrogen-bond donors (Lipinski definition) is 1. The number of rotatable bonds is 8. The van der Waals surface area contributed by atoms with Crippen LogP contribution in [-0.2, 0) is 33.8 Å². The number of imidazole rings is 1. The van der Waals surface area contributed by atoms with Gasteiger partial charge in [0.1, 0.15) is 12.6 Å². The van der Waals surface area contributed by atoms with Gasteiger partial charge in [-0.15, -0.1) is 0 Å². The fraction of sp³-hybridized carbons (Fsp3) is 0.318. The second-order valence-corrected chi connectivity index (χ2v) is 6.66. The molecule has 0 saturated carbocycles. The van der Waals surface area contributed by atoms with E-state index in [0.717, 1.165) is 11.1 Å². The molecule has 0 fully saturated rings. The lowest BCUT2D eigenvalue weighted by atomic mass is 10.1. The van der Waals surface area contributed by atoms with E-state index in [0.29, 0.717) is 18.5 Å². The van der Waals surface area contributed by atoms with Crippen molar-refractivity contribution >= 4 is 22.9 Å². The number of esters is 1. The molecule has 3 aromatic rings. The van der Waals surface area contributed by atoms with Crippen molar-refractivity contribution in [2.45, 2.75) is 39.4 Å². The third-order valence-corrected chi connectivity index (χ3v) is 4.73. The van der Waals surface area contributed by atoms with Gasteiger partial charge >= 0.3 is 11.7 Å². The predicted molar refractivity (Wildman–Crippen MR) is 111 cm³/mol. The van der Waals surface area contributed by atoms with Crippen molar-refractivity contribution in [3.63, 3.8) is 0 Å². The van der Waals surface area contributed by atoms with Gasteiger partial charge in [0.2, 0.25) is 5.91 Å². The zero-order valence-corrected chi connectivity index (χ0v) is 16.6. The number of benzene rings is 2. The lowest BCUT2D eigenvalue weighted by Gasteiger charge is -2.17. The second kappa shape index (κ2) is 9.23. The molecule has 1 heterocycles. The summed E-state index contributed by atoms with van der Waals surface area (Å²) >= 11 is 0. The number of aryl methyl sites for hydroxylation is 1. The van der Waals surface area contributed by atoms with Gasteiger partial charge in [0, 0.05) is 13.0 Å². The minimum atomic E-state index is -0.819. The molecule has 3 rings (SSSR count). The summed E-state index contributed by atoms with van der Waals surface area (Å²) in [4.78, 5) is 37.8. The van der Waals surface area contributed by atoms with Crippen LogP contribution in [-0.4, -0.2) is 33.7 Å². The van der Waals surface area contributed by atoms with Crippen molar-refractivity contribution in [2.75, 3.05) is 6.61 Å². The second-order valence-electron chi connectivity index (χ2n) is 6.66. The van der Waals surface area contributed by atoms with E-state index in [1.165, 1.54) is 4.57 Å². The first-order chi connectivity index (χ1) is 14.0. The van der Waals surface area contributed by atoms with Crippen LogP contribution in [0.2, 0.25) is 0 Å². The zero-order valence-electron chi connectivity index (χ0n) is 16.6. The van der Waals surface area contributed by atoms with Gasteiger partial charge in [-0.05, 0) is 31.5 Å². The lowest BCUT2D eigenvalue weighted by Crippen LogP contribution is -2.45. The van der Waals surface area contributed by atoms with Gasteiger partial charge in [0.15, 0.2) is 0 Å². The van der Waals surface area contributed by atoms with E-state index >= 15 is 0 Å². The summed E-state index contributed by atoms with van der Waals surface area (Å²) in [6, 6.07) is 15.9. The van der Waals surface area contributed by atoms with Crippen molar-refractivity contribution in [1.29, 1.82) is 0 Å². The SMILES string of the molecule is CCOC(=O)[C@@H](Cc1ccccc1)NC(=O)Cn1c(=O)n(CC)c2ccccc21. The number of carbonyl (C=O) groups excluding carboxylic acids is 2. The van der Waals surface area contributed by atoms with Crippen molar-refractivity contribution in [3.8, 4) is 0 Å². The molecular weight excluding hydrogens is 370 g/mol. The molecule has 0 saturated heterocycles. The molecule has 1 aromatic heterocycles. The lowest BCUT2D eigenvalue weighted by molar-refractivity contribution is -0.147. The summed E-state index contributed by atoms with van der Waals surface area (Å²) in [5, 5.41) is 2.74. The molecule has 7 heteroatoms. The zero-order chi connectivity index (χ0) is 20.8. The Morgan fingerprint density at radius 2 is 1.59 bits per heavy atom. The van der Waals surface area contributed by atoms with Crippen molar-refractivity contribution in [1.82, 2.24) is 14.5 Å². The van der Waals surface area contributed by atoms with E-state index < -0.39 is 17.9 Å². The quantitative estimate of drug-likeness (QED) is 0.592. The van der Waals surface area contributed by atoms with Gasteiger partial charge in [-0.2, -0.15) is 0 Å². The Balaban J connectivity index is 1.82. The average molecular weight is 395 g/mol. The summed E-state index contributed by atoms with van der Waals surface area (Å²) in [5.74, 6) is -0.909. The number of ether oxygens (including phenoxy) is 1. The minimum absolute atomic E-state index is 0.170. The third kappa shape index (κ3) is 4.56. The number of hydrogen-bond acceptors (Lipinski definition) is 4. The number of para-hydroxylation sites is 2. The molecular formula is C22H25N3O4. The first-order valence-electron chi connectivity index (χ1n) is 9.73. The van der Waals surface area contributed by atoms with E-state index in [4.69, 9.17) is 4.74 Å². The molecule has 0 aliphatic rings. The van der Waals surface area contributed by atoms with Crippen LogP contribution in [0.25, 0.3) is 11.0 Å². The molecule has 7 nitrogen and oxygen atoms in total. The molecule has 2 aromatic carbocycles. The van der Waals surface area contributed by atoms with Crippen molar-refractivity contribution < 1.29 is 14.3 Å². The number of nitrogens with zero attached hydrogens (tertiary/aromatic N) is 2. The Labute approximate surface area is 168 Å². The molecule has 0 aliphatic heterocycles. The fourth-order valence-electron chi connectivity index (χ4n) is 3.40. The molecule has 29 heavy (non-hydrogen) atoms. The Morgan fingerprint density at radius 3 is 2.21 bits per heavy atom. The summed E-state index contributed by atoms with van der Waals surface area (Å²) in [6.45, 7) is 4.17.